The van der Waals surface area contributed by atoms with Gasteiger partial charge in [-0.15, -0.1) is 0 Å². The SMILES string of the molecule is O=C(O)c1cc(Cl)ccc1-c1ccn[nH]1. The highest BCUT2D eigenvalue weighted by molar-refractivity contribution is 6.31. The van der Waals surface area contributed by atoms with E-state index in [1.807, 2.05) is 0 Å². The number of carbonyl (C=O) groups is 1. The number of carboxylic acid groups (broad SMARTS) is 1. The molecule has 0 amide bonds. The first-order valence-corrected chi connectivity index (χ1v) is 4.59. The number of hydrogen-bond acceptors (Lipinski definition) is 2. The summed E-state index contributed by atoms with van der Waals surface area (Å²) < 4.78 is 0. The topological polar surface area (TPSA) is 66.0 Å². The summed E-state index contributed by atoms with van der Waals surface area (Å²) in [4.78, 5) is 11.0. The maximum atomic E-state index is 11.0. The van der Waals surface area contributed by atoms with E-state index in [1.54, 1.807) is 24.4 Å². The average Bonchev–Trinajstić information content (AvgIpc) is 2.70. The molecule has 0 bridgehead atoms. The van der Waals surface area contributed by atoms with Crippen molar-refractivity contribution in [3.8, 4) is 11.3 Å². The van der Waals surface area contributed by atoms with Crippen LogP contribution in [0.2, 0.25) is 5.02 Å². The summed E-state index contributed by atoms with van der Waals surface area (Å²) in [6, 6.07) is 6.42. The van der Waals surface area contributed by atoms with Crippen LogP contribution in [0.5, 0.6) is 0 Å². The van der Waals surface area contributed by atoms with Crippen LogP contribution in [0.25, 0.3) is 11.3 Å². The molecule has 0 fully saturated rings. The van der Waals surface area contributed by atoms with Crippen LogP contribution >= 0.6 is 11.6 Å². The fourth-order valence-electron chi connectivity index (χ4n) is 1.33. The first-order valence-electron chi connectivity index (χ1n) is 4.21. The van der Waals surface area contributed by atoms with E-state index in [4.69, 9.17) is 16.7 Å². The van der Waals surface area contributed by atoms with Crippen molar-refractivity contribution in [2.24, 2.45) is 0 Å². The van der Waals surface area contributed by atoms with Crippen molar-refractivity contribution in [3.63, 3.8) is 0 Å². The van der Waals surface area contributed by atoms with Gasteiger partial charge < -0.3 is 5.11 Å². The first-order chi connectivity index (χ1) is 7.18. The molecule has 5 heteroatoms. The fraction of sp³-hybridized carbons (Fsp3) is 0. The third-order valence-corrected chi connectivity index (χ3v) is 2.24. The van der Waals surface area contributed by atoms with E-state index in [0.29, 0.717) is 16.3 Å². The van der Waals surface area contributed by atoms with Gasteiger partial charge in [-0.25, -0.2) is 4.79 Å². The zero-order valence-corrected chi connectivity index (χ0v) is 8.32. The number of nitrogens with one attached hydrogen (secondary N) is 1. The molecule has 0 saturated heterocycles. The molecule has 1 aromatic carbocycles. The van der Waals surface area contributed by atoms with Crippen molar-refractivity contribution in [1.29, 1.82) is 0 Å². The van der Waals surface area contributed by atoms with Crippen LogP contribution in [0, 0.1) is 0 Å². The van der Waals surface area contributed by atoms with Gasteiger partial charge in [-0.1, -0.05) is 17.7 Å². The highest BCUT2D eigenvalue weighted by atomic mass is 35.5. The predicted molar refractivity (Wildman–Crippen MR) is 56.0 cm³/mol. The molecule has 2 N–H and O–H groups in total. The Labute approximate surface area is 90.5 Å². The molecule has 15 heavy (non-hydrogen) atoms. The Morgan fingerprint density at radius 1 is 1.40 bits per heavy atom. The normalized spacial score (nSPS) is 10.2. The van der Waals surface area contributed by atoms with Crippen molar-refractivity contribution >= 4 is 17.6 Å². The molecule has 0 aliphatic carbocycles. The molecule has 0 aliphatic heterocycles. The number of aromatic carboxylic acids is 1. The van der Waals surface area contributed by atoms with E-state index >= 15 is 0 Å². The largest absolute Gasteiger partial charge is 0.478 e. The summed E-state index contributed by atoms with van der Waals surface area (Å²) in [6.07, 6.45) is 1.57. The van der Waals surface area contributed by atoms with Gasteiger partial charge in [-0.05, 0) is 18.2 Å². The number of nitrogens with zero attached hydrogens (tertiary/aromatic N) is 1. The molecule has 1 aromatic heterocycles. The number of benzene rings is 1. The van der Waals surface area contributed by atoms with Gasteiger partial charge in [0, 0.05) is 16.8 Å². The molecular formula is C10H7ClN2O2. The molecule has 0 unspecified atom stereocenters. The quantitative estimate of drug-likeness (QED) is 0.820. The molecule has 2 rings (SSSR count). The van der Waals surface area contributed by atoms with E-state index in [9.17, 15) is 4.79 Å². The number of aromatic nitrogens is 2. The van der Waals surface area contributed by atoms with Gasteiger partial charge >= 0.3 is 5.97 Å². The lowest BCUT2D eigenvalue weighted by atomic mass is 10.1. The van der Waals surface area contributed by atoms with E-state index in [-0.39, 0.29) is 5.56 Å². The van der Waals surface area contributed by atoms with E-state index in [2.05, 4.69) is 10.2 Å². The van der Waals surface area contributed by atoms with Crippen LogP contribution in [0.15, 0.2) is 30.5 Å². The van der Waals surface area contributed by atoms with Crippen molar-refractivity contribution < 1.29 is 9.90 Å². The lowest BCUT2D eigenvalue weighted by Crippen LogP contribution is -1.99. The summed E-state index contributed by atoms with van der Waals surface area (Å²) in [7, 11) is 0. The van der Waals surface area contributed by atoms with E-state index in [0.717, 1.165) is 0 Å². The summed E-state index contributed by atoms with van der Waals surface area (Å²) >= 11 is 5.73. The first kappa shape index (κ1) is 9.73. The Morgan fingerprint density at radius 2 is 2.20 bits per heavy atom. The third-order valence-electron chi connectivity index (χ3n) is 2.00. The molecule has 0 saturated carbocycles. The number of rotatable bonds is 2. The summed E-state index contributed by atoms with van der Waals surface area (Å²) in [6.45, 7) is 0. The number of halogens is 1. The zero-order valence-electron chi connectivity index (χ0n) is 7.57. The molecule has 1 heterocycles. The average molecular weight is 223 g/mol. The molecule has 4 nitrogen and oxygen atoms in total. The Balaban J connectivity index is 2.61. The molecule has 0 spiro atoms. The van der Waals surface area contributed by atoms with E-state index < -0.39 is 5.97 Å². The molecule has 0 radical (unpaired) electrons. The van der Waals surface area contributed by atoms with Crippen LogP contribution in [-0.2, 0) is 0 Å². The summed E-state index contributed by atoms with van der Waals surface area (Å²) in [5.41, 5.74) is 1.39. The maximum Gasteiger partial charge on any atom is 0.336 e. The van der Waals surface area contributed by atoms with Crippen LogP contribution < -0.4 is 0 Å². The summed E-state index contributed by atoms with van der Waals surface area (Å²) in [5, 5.41) is 15.9. The standard InChI is InChI=1S/C10H7ClN2O2/c11-6-1-2-7(8(5-6)10(14)15)9-3-4-12-13-9/h1-5H,(H,12,13)(H,14,15). The zero-order chi connectivity index (χ0) is 10.8. The van der Waals surface area contributed by atoms with Crippen molar-refractivity contribution in [3.05, 3.63) is 41.0 Å². The minimum Gasteiger partial charge on any atom is -0.478 e. The minimum absolute atomic E-state index is 0.159. The molecule has 0 aliphatic rings. The Morgan fingerprint density at radius 3 is 2.80 bits per heavy atom. The van der Waals surface area contributed by atoms with Crippen LogP contribution in [0.3, 0.4) is 0 Å². The van der Waals surface area contributed by atoms with Crippen LogP contribution in [0.4, 0.5) is 0 Å². The minimum atomic E-state index is -1.01. The van der Waals surface area contributed by atoms with Gasteiger partial charge in [0.1, 0.15) is 0 Å². The van der Waals surface area contributed by atoms with Crippen LogP contribution in [-0.4, -0.2) is 21.3 Å². The van der Waals surface area contributed by atoms with Gasteiger partial charge in [-0.3, -0.25) is 5.10 Å². The second-order valence-corrected chi connectivity index (χ2v) is 3.40. The monoisotopic (exact) mass is 222 g/mol. The van der Waals surface area contributed by atoms with Gasteiger partial charge in [0.05, 0.1) is 11.3 Å². The highest BCUT2D eigenvalue weighted by Gasteiger charge is 2.12. The van der Waals surface area contributed by atoms with Crippen molar-refractivity contribution in [2.75, 3.05) is 0 Å². The van der Waals surface area contributed by atoms with Crippen LogP contribution in [0.1, 0.15) is 10.4 Å². The molecule has 0 atom stereocenters. The Bertz CT molecular complexity index is 494. The van der Waals surface area contributed by atoms with E-state index in [1.165, 1.54) is 6.07 Å². The highest BCUT2D eigenvalue weighted by Crippen LogP contribution is 2.24. The lowest BCUT2D eigenvalue weighted by molar-refractivity contribution is 0.0697. The maximum absolute atomic E-state index is 11.0. The number of hydrogen-bond donors (Lipinski definition) is 2. The van der Waals surface area contributed by atoms with Gasteiger partial charge in [0.15, 0.2) is 0 Å². The molecule has 2 aromatic rings. The van der Waals surface area contributed by atoms with Crippen molar-refractivity contribution in [2.45, 2.75) is 0 Å². The molecular weight excluding hydrogens is 216 g/mol. The molecule has 76 valence electrons. The predicted octanol–water partition coefficient (Wildman–Crippen LogP) is 2.43. The number of carboxylic acids is 1. The second-order valence-electron chi connectivity index (χ2n) is 2.97. The second kappa shape index (κ2) is 3.74. The fourth-order valence-corrected chi connectivity index (χ4v) is 1.51. The number of aromatic amines is 1. The summed E-state index contributed by atoms with van der Waals surface area (Å²) in [5.74, 6) is -1.01. The third kappa shape index (κ3) is 1.85. The van der Waals surface area contributed by atoms with Gasteiger partial charge in [0.2, 0.25) is 0 Å². The Hall–Kier alpha value is -1.81. The van der Waals surface area contributed by atoms with Crippen molar-refractivity contribution in [1.82, 2.24) is 10.2 Å². The van der Waals surface area contributed by atoms with Gasteiger partial charge in [-0.2, -0.15) is 5.10 Å². The number of H-pyrrole nitrogens is 1. The Kier molecular flexibility index (Phi) is 2.43. The smallest absolute Gasteiger partial charge is 0.336 e. The lowest BCUT2D eigenvalue weighted by Gasteiger charge is -2.03. The van der Waals surface area contributed by atoms with Gasteiger partial charge in [0.25, 0.3) is 0 Å².